The smallest absolute Gasteiger partial charge is 0.409 e. The molecule has 11 heteroatoms. The van der Waals surface area contributed by atoms with Gasteiger partial charge in [0, 0.05) is 38.8 Å². The van der Waals surface area contributed by atoms with E-state index in [1.54, 1.807) is 16.7 Å². The van der Waals surface area contributed by atoms with Crippen molar-refractivity contribution in [2.45, 2.75) is 83.2 Å². The van der Waals surface area contributed by atoms with Crippen LogP contribution >= 0.6 is 0 Å². The standard InChI is InChI=1S/C26H43N5O5S/c1-7-36-26(33)30-13-11-29(12-14-30)25(32)23(9-8-10-28-27)31-19(6)22-16-20(17(2)3)15-21(18(4)5)24(22)37(31,34)35/h15-19,23,28H,7-14,27H2,1-6H3/t19?,23-/m0/s1. The van der Waals surface area contributed by atoms with Crippen molar-refractivity contribution < 1.29 is 22.7 Å². The van der Waals surface area contributed by atoms with E-state index in [1.807, 2.05) is 32.9 Å². The minimum absolute atomic E-state index is 0.0147. The molecular formula is C26H43N5O5S. The number of sulfonamides is 1. The minimum Gasteiger partial charge on any atom is -0.450 e. The minimum atomic E-state index is -3.92. The van der Waals surface area contributed by atoms with Gasteiger partial charge < -0.3 is 14.5 Å². The van der Waals surface area contributed by atoms with Gasteiger partial charge in [0.05, 0.1) is 11.5 Å². The van der Waals surface area contributed by atoms with Gasteiger partial charge in [-0.3, -0.25) is 16.1 Å². The van der Waals surface area contributed by atoms with E-state index in [0.29, 0.717) is 50.5 Å². The summed E-state index contributed by atoms with van der Waals surface area (Å²) in [4.78, 5) is 29.6. The molecule has 2 aliphatic heterocycles. The van der Waals surface area contributed by atoms with Crippen molar-refractivity contribution in [1.29, 1.82) is 0 Å². The first-order valence-electron chi connectivity index (χ1n) is 13.3. The second-order valence-electron chi connectivity index (χ2n) is 10.5. The van der Waals surface area contributed by atoms with Crippen LogP contribution in [0.25, 0.3) is 0 Å². The third-order valence-electron chi connectivity index (χ3n) is 7.33. The van der Waals surface area contributed by atoms with Crippen LogP contribution in [-0.4, -0.2) is 79.9 Å². The van der Waals surface area contributed by atoms with Gasteiger partial charge in [0.1, 0.15) is 6.04 Å². The van der Waals surface area contributed by atoms with Crippen LogP contribution in [-0.2, 0) is 19.6 Å². The van der Waals surface area contributed by atoms with Gasteiger partial charge in [-0.05, 0) is 55.2 Å². The Kier molecular flexibility index (Phi) is 9.60. The average molecular weight is 538 g/mol. The molecule has 208 valence electrons. The number of fused-ring (bicyclic) bond motifs is 1. The van der Waals surface area contributed by atoms with Crippen molar-refractivity contribution in [3.8, 4) is 0 Å². The fourth-order valence-electron chi connectivity index (χ4n) is 5.25. The Hall–Kier alpha value is -2.21. The Morgan fingerprint density at radius 1 is 1.08 bits per heavy atom. The number of carbonyl (C=O) groups excluding carboxylic acids is 2. The summed E-state index contributed by atoms with van der Waals surface area (Å²) in [5.41, 5.74) is 5.26. The Bertz CT molecular complexity index is 1080. The van der Waals surface area contributed by atoms with Crippen LogP contribution in [0.3, 0.4) is 0 Å². The van der Waals surface area contributed by atoms with Crippen molar-refractivity contribution >= 4 is 22.0 Å². The molecule has 10 nitrogen and oxygen atoms in total. The zero-order chi connectivity index (χ0) is 27.5. The van der Waals surface area contributed by atoms with Gasteiger partial charge in [0.15, 0.2) is 0 Å². The maximum atomic E-state index is 14.1. The number of nitrogens with two attached hydrogens (primary N) is 1. The first kappa shape index (κ1) is 29.3. The molecule has 3 rings (SSSR count). The van der Waals surface area contributed by atoms with E-state index < -0.39 is 28.2 Å². The van der Waals surface area contributed by atoms with Crippen LogP contribution in [0.1, 0.15) is 89.0 Å². The Morgan fingerprint density at radius 3 is 2.24 bits per heavy atom. The van der Waals surface area contributed by atoms with E-state index in [4.69, 9.17) is 10.6 Å². The van der Waals surface area contributed by atoms with Crippen molar-refractivity contribution in [2.75, 3.05) is 39.3 Å². The molecule has 1 fully saturated rings. The summed E-state index contributed by atoms with van der Waals surface area (Å²) in [6, 6.07) is 2.66. The number of rotatable bonds is 9. The van der Waals surface area contributed by atoms with Gasteiger partial charge >= 0.3 is 6.09 Å². The van der Waals surface area contributed by atoms with Crippen LogP contribution in [0.5, 0.6) is 0 Å². The highest BCUT2D eigenvalue weighted by Gasteiger charge is 2.49. The zero-order valence-corrected chi connectivity index (χ0v) is 23.8. The van der Waals surface area contributed by atoms with Crippen LogP contribution in [0.2, 0.25) is 0 Å². The Balaban J connectivity index is 1.96. The summed E-state index contributed by atoms with van der Waals surface area (Å²) in [5, 5.41) is 0. The van der Waals surface area contributed by atoms with Crippen molar-refractivity contribution in [3.63, 3.8) is 0 Å². The molecule has 2 amide bonds. The molecule has 1 aromatic rings. The highest BCUT2D eigenvalue weighted by Crippen LogP contribution is 2.46. The van der Waals surface area contributed by atoms with E-state index >= 15 is 0 Å². The lowest BCUT2D eigenvalue weighted by atomic mass is 9.91. The van der Waals surface area contributed by atoms with Gasteiger partial charge in [0.25, 0.3) is 0 Å². The van der Waals surface area contributed by atoms with E-state index in [9.17, 15) is 18.0 Å². The third kappa shape index (κ3) is 5.94. The van der Waals surface area contributed by atoms with Gasteiger partial charge in [-0.25, -0.2) is 13.2 Å². The molecule has 1 aromatic carbocycles. The molecule has 0 saturated carbocycles. The summed E-state index contributed by atoms with van der Waals surface area (Å²) in [6.45, 7) is 13.9. The highest BCUT2D eigenvalue weighted by atomic mass is 32.2. The van der Waals surface area contributed by atoms with E-state index in [0.717, 1.165) is 16.7 Å². The van der Waals surface area contributed by atoms with Gasteiger partial charge in [-0.1, -0.05) is 39.8 Å². The lowest BCUT2D eigenvalue weighted by Crippen LogP contribution is -2.56. The van der Waals surface area contributed by atoms with E-state index in [-0.39, 0.29) is 24.3 Å². The maximum Gasteiger partial charge on any atom is 0.409 e. The predicted molar refractivity (Wildman–Crippen MR) is 142 cm³/mol. The second-order valence-corrected chi connectivity index (χ2v) is 12.3. The maximum absolute atomic E-state index is 14.1. The number of hydrazine groups is 1. The summed E-state index contributed by atoms with van der Waals surface area (Å²) in [7, 11) is -3.92. The molecule has 2 aliphatic rings. The molecule has 0 aromatic heterocycles. The summed E-state index contributed by atoms with van der Waals surface area (Å²) < 4.78 is 34.7. The zero-order valence-electron chi connectivity index (χ0n) is 23.0. The number of amides is 2. The summed E-state index contributed by atoms with van der Waals surface area (Å²) in [5.74, 6) is 5.50. The van der Waals surface area contributed by atoms with E-state index in [1.165, 1.54) is 4.31 Å². The monoisotopic (exact) mass is 537 g/mol. The van der Waals surface area contributed by atoms with Gasteiger partial charge in [-0.15, -0.1) is 0 Å². The third-order valence-corrected chi connectivity index (χ3v) is 9.45. The first-order valence-corrected chi connectivity index (χ1v) is 14.7. The van der Waals surface area contributed by atoms with Crippen molar-refractivity contribution in [1.82, 2.24) is 19.5 Å². The predicted octanol–water partition coefficient (Wildman–Crippen LogP) is 2.91. The van der Waals surface area contributed by atoms with Crippen molar-refractivity contribution in [3.05, 3.63) is 28.8 Å². The SMILES string of the molecule is CCOC(=O)N1CCN(C(=O)[C@H](CCCNN)N2C(C)c3cc(C(C)C)cc(C(C)C)c3S2(=O)=O)CC1. The fourth-order valence-corrected chi connectivity index (χ4v) is 7.64. The number of nitrogens with zero attached hydrogens (tertiary/aromatic N) is 3. The Morgan fingerprint density at radius 2 is 1.70 bits per heavy atom. The van der Waals surface area contributed by atoms with Crippen LogP contribution < -0.4 is 11.3 Å². The molecule has 2 atom stereocenters. The van der Waals surface area contributed by atoms with E-state index in [2.05, 4.69) is 19.3 Å². The normalized spacial score (nSPS) is 20.4. The molecule has 1 unspecified atom stereocenters. The molecule has 0 radical (unpaired) electrons. The molecule has 1 saturated heterocycles. The summed E-state index contributed by atoms with van der Waals surface area (Å²) >= 11 is 0. The van der Waals surface area contributed by atoms with Gasteiger partial charge in [-0.2, -0.15) is 4.31 Å². The van der Waals surface area contributed by atoms with Crippen LogP contribution in [0.15, 0.2) is 17.0 Å². The van der Waals surface area contributed by atoms with Crippen LogP contribution in [0.4, 0.5) is 4.79 Å². The fraction of sp³-hybridized carbons (Fsp3) is 0.692. The molecule has 37 heavy (non-hydrogen) atoms. The molecule has 0 spiro atoms. The molecular weight excluding hydrogens is 494 g/mol. The highest BCUT2D eigenvalue weighted by molar-refractivity contribution is 7.89. The molecule has 0 aliphatic carbocycles. The number of benzene rings is 1. The number of carbonyl (C=O) groups is 2. The topological polar surface area (TPSA) is 125 Å². The van der Waals surface area contributed by atoms with Gasteiger partial charge in [0.2, 0.25) is 15.9 Å². The largest absolute Gasteiger partial charge is 0.450 e. The molecule has 3 N–H and O–H groups in total. The Labute approximate surface area is 221 Å². The number of ether oxygens (including phenoxy) is 1. The van der Waals surface area contributed by atoms with Crippen LogP contribution in [0, 0.1) is 0 Å². The number of nitrogens with one attached hydrogen (secondary N) is 1. The first-order chi connectivity index (χ1) is 17.4. The lowest BCUT2D eigenvalue weighted by molar-refractivity contribution is -0.137. The second kappa shape index (κ2) is 12.1. The number of hydrogen-bond acceptors (Lipinski definition) is 7. The summed E-state index contributed by atoms with van der Waals surface area (Å²) in [6.07, 6.45) is 0.486. The molecule has 0 bridgehead atoms. The number of piperazine rings is 1. The number of hydrogen-bond donors (Lipinski definition) is 2. The molecule has 2 heterocycles. The average Bonchev–Trinajstić information content (AvgIpc) is 3.06. The lowest BCUT2D eigenvalue weighted by Gasteiger charge is -2.38. The quantitative estimate of drug-likeness (QED) is 0.282. The van der Waals surface area contributed by atoms with Crippen molar-refractivity contribution in [2.24, 2.45) is 5.84 Å².